The van der Waals surface area contributed by atoms with Crippen molar-refractivity contribution in [2.75, 3.05) is 11.5 Å². The number of carbonyl (C=O) groups excluding carboxylic acids is 3. The van der Waals surface area contributed by atoms with Crippen LogP contribution >= 0.6 is 0 Å². The summed E-state index contributed by atoms with van der Waals surface area (Å²) in [6, 6.07) is 13.6. The Balaban J connectivity index is 1.63. The van der Waals surface area contributed by atoms with Crippen LogP contribution in [-0.2, 0) is 9.59 Å². The van der Waals surface area contributed by atoms with Crippen molar-refractivity contribution in [2.24, 2.45) is 0 Å². The van der Waals surface area contributed by atoms with E-state index in [0.717, 1.165) is 31.2 Å². The predicted octanol–water partition coefficient (Wildman–Crippen LogP) is 4.11. The fraction of sp³-hybridized carbons (Fsp3) is 0.400. The number of aryl methyl sites for hydroxylation is 1. The van der Waals surface area contributed by atoms with E-state index in [0.29, 0.717) is 23.6 Å². The molecule has 2 aliphatic rings. The Bertz CT molecular complexity index is 979. The molecule has 1 saturated heterocycles. The molecule has 162 valence electrons. The van der Waals surface area contributed by atoms with Gasteiger partial charge in [0.05, 0.1) is 18.7 Å². The molecule has 2 aromatic rings. The van der Waals surface area contributed by atoms with Gasteiger partial charge in [-0.2, -0.15) is 0 Å². The van der Waals surface area contributed by atoms with Crippen molar-refractivity contribution in [1.29, 1.82) is 0 Å². The van der Waals surface area contributed by atoms with E-state index in [1.807, 2.05) is 32.0 Å². The smallest absolute Gasteiger partial charge is 0.257 e. The highest BCUT2D eigenvalue weighted by Gasteiger charge is 2.47. The average molecular weight is 421 g/mol. The maximum Gasteiger partial charge on any atom is 0.257 e. The third kappa shape index (κ3) is 4.20. The van der Waals surface area contributed by atoms with Crippen molar-refractivity contribution in [3.05, 3.63) is 59.7 Å². The summed E-state index contributed by atoms with van der Waals surface area (Å²) in [5.74, 6) is -0.0966. The van der Waals surface area contributed by atoms with Crippen LogP contribution in [0.1, 0.15) is 54.9 Å². The second kappa shape index (κ2) is 8.92. The van der Waals surface area contributed by atoms with Crippen LogP contribution < -0.4 is 9.64 Å². The van der Waals surface area contributed by atoms with E-state index in [9.17, 15) is 14.4 Å². The van der Waals surface area contributed by atoms with Gasteiger partial charge in [0.25, 0.3) is 11.8 Å². The molecule has 1 heterocycles. The van der Waals surface area contributed by atoms with Crippen LogP contribution in [0, 0.1) is 6.92 Å². The van der Waals surface area contributed by atoms with Gasteiger partial charge in [-0.3, -0.25) is 14.4 Å². The maximum absolute atomic E-state index is 13.5. The van der Waals surface area contributed by atoms with Gasteiger partial charge in [0, 0.05) is 11.6 Å². The second-order valence-electron chi connectivity index (χ2n) is 8.23. The summed E-state index contributed by atoms with van der Waals surface area (Å²) in [6.07, 6.45) is 3.79. The van der Waals surface area contributed by atoms with Crippen LogP contribution in [0.5, 0.6) is 5.75 Å². The third-order valence-corrected chi connectivity index (χ3v) is 6.08. The minimum atomic E-state index is -0.768. The normalized spacial score (nSPS) is 19.2. The van der Waals surface area contributed by atoms with Gasteiger partial charge in [-0.05, 0) is 63.1 Å². The quantitative estimate of drug-likeness (QED) is 0.660. The van der Waals surface area contributed by atoms with Crippen LogP contribution in [-0.4, -0.2) is 41.3 Å². The van der Waals surface area contributed by atoms with Gasteiger partial charge in [0.2, 0.25) is 5.91 Å². The summed E-state index contributed by atoms with van der Waals surface area (Å²) < 4.78 is 5.45. The first-order chi connectivity index (χ1) is 15.0. The first kappa shape index (κ1) is 21.1. The lowest BCUT2D eigenvalue weighted by Crippen LogP contribution is -2.50. The Hall–Kier alpha value is -3.15. The molecule has 1 aliphatic carbocycles. The van der Waals surface area contributed by atoms with Gasteiger partial charge < -0.3 is 9.64 Å². The lowest BCUT2D eigenvalue weighted by molar-refractivity contribution is -0.123. The maximum atomic E-state index is 13.5. The standard InChI is InChI=1S/C25H28N2O4/c1-3-31-21-13-11-20(12-14-21)27-23(28)16-22(25(27)30)26(19-9-4-5-10-19)24(29)18-8-6-7-17(2)15-18/h6-8,11-15,19,22H,3-5,9-10,16H2,1-2H3. The highest BCUT2D eigenvalue weighted by Crippen LogP contribution is 2.33. The van der Waals surface area contributed by atoms with Crippen molar-refractivity contribution in [2.45, 2.75) is 58.0 Å². The number of hydrogen-bond donors (Lipinski definition) is 0. The van der Waals surface area contributed by atoms with Crippen molar-refractivity contribution < 1.29 is 19.1 Å². The molecule has 3 amide bonds. The fourth-order valence-electron chi connectivity index (χ4n) is 4.63. The molecule has 6 heteroatoms. The Labute approximate surface area is 182 Å². The van der Waals surface area contributed by atoms with E-state index in [4.69, 9.17) is 4.74 Å². The molecular formula is C25H28N2O4. The SMILES string of the molecule is CCOc1ccc(N2C(=O)CC(N(C(=O)c3cccc(C)c3)C3CCCC3)C2=O)cc1. The highest BCUT2D eigenvalue weighted by molar-refractivity contribution is 6.23. The summed E-state index contributed by atoms with van der Waals surface area (Å²) >= 11 is 0. The lowest BCUT2D eigenvalue weighted by Gasteiger charge is -2.33. The number of amides is 3. The topological polar surface area (TPSA) is 66.9 Å². The molecule has 6 nitrogen and oxygen atoms in total. The van der Waals surface area contributed by atoms with Gasteiger partial charge >= 0.3 is 0 Å². The Morgan fingerprint density at radius 2 is 1.81 bits per heavy atom. The Kier molecular flexibility index (Phi) is 6.07. The molecule has 1 unspecified atom stereocenters. The van der Waals surface area contributed by atoms with Gasteiger partial charge in [-0.1, -0.05) is 30.5 Å². The monoisotopic (exact) mass is 420 g/mol. The largest absolute Gasteiger partial charge is 0.494 e. The van der Waals surface area contributed by atoms with Gasteiger partial charge in [0.1, 0.15) is 11.8 Å². The number of anilines is 1. The number of hydrogen-bond acceptors (Lipinski definition) is 4. The van der Waals surface area contributed by atoms with E-state index >= 15 is 0 Å². The third-order valence-electron chi connectivity index (χ3n) is 6.08. The number of benzene rings is 2. The predicted molar refractivity (Wildman–Crippen MR) is 118 cm³/mol. The molecule has 2 aromatic carbocycles. The molecular weight excluding hydrogens is 392 g/mol. The van der Waals surface area contributed by atoms with E-state index in [-0.39, 0.29) is 30.2 Å². The van der Waals surface area contributed by atoms with Crippen LogP contribution in [0.15, 0.2) is 48.5 Å². The first-order valence-electron chi connectivity index (χ1n) is 11.0. The van der Waals surface area contributed by atoms with Crippen LogP contribution in [0.2, 0.25) is 0 Å². The van der Waals surface area contributed by atoms with Crippen LogP contribution in [0.25, 0.3) is 0 Å². The molecule has 1 saturated carbocycles. The molecule has 0 N–H and O–H groups in total. The van der Waals surface area contributed by atoms with E-state index in [2.05, 4.69) is 0 Å². The summed E-state index contributed by atoms with van der Waals surface area (Å²) in [6.45, 7) is 4.38. The highest BCUT2D eigenvalue weighted by atomic mass is 16.5. The van der Waals surface area contributed by atoms with Crippen molar-refractivity contribution in [3.8, 4) is 5.75 Å². The molecule has 0 bridgehead atoms. The number of nitrogens with zero attached hydrogens (tertiary/aromatic N) is 2. The average Bonchev–Trinajstić information content (AvgIpc) is 3.38. The Morgan fingerprint density at radius 1 is 1.10 bits per heavy atom. The molecule has 31 heavy (non-hydrogen) atoms. The molecule has 1 atom stereocenters. The van der Waals surface area contributed by atoms with Gasteiger partial charge in [-0.25, -0.2) is 4.90 Å². The van der Waals surface area contributed by atoms with Crippen molar-refractivity contribution in [1.82, 2.24) is 4.90 Å². The number of carbonyl (C=O) groups is 3. The zero-order valence-electron chi connectivity index (χ0n) is 18.0. The summed E-state index contributed by atoms with van der Waals surface area (Å²) in [5, 5.41) is 0. The van der Waals surface area contributed by atoms with E-state index < -0.39 is 6.04 Å². The Morgan fingerprint density at radius 3 is 2.45 bits per heavy atom. The van der Waals surface area contributed by atoms with Crippen LogP contribution in [0.4, 0.5) is 5.69 Å². The number of rotatable bonds is 6. The molecule has 4 rings (SSSR count). The summed E-state index contributed by atoms with van der Waals surface area (Å²) in [4.78, 5) is 42.7. The van der Waals surface area contributed by atoms with Gasteiger partial charge in [-0.15, -0.1) is 0 Å². The van der Waals surface area contributed by atoms with Gasteiger partial charge in [0.15, 0.2) is 0 Å². The van der Waals surface area contributed by atoms with Crippen molar-refractivity contribution in [3.63, 3.8) is 0 Å². The lowest BCUT2D eigenvalue weighted by atomic mass is 10.0. The number of imide groups is 1. The van der Waals surface area contributed by atoms with Crippen molar-refractivity contribution >= 4 is 23.4 Å². The van der Waals surface area contributed by atoms with Crippen LogP contribution in [0.3, 0.4) is 0 Å². The fourth-order valence-corrected chi connectivity index (χ4v) is 4.63. The zero-order chi connectivity index (χ0) is 22.0. The molecule has 0 aromatic heterocycles. The minimum Gasteiger partial charge on any atom is -0.494 e. The molecule has 0 radical (unpaired) electrons. The summed E-state index contributed by atoms with van der Waals surface area (Å²) in [5.41, 5.74) is 2.06. The zero-order valence-corrected chi connectivity index (χ0v) is 18.0. The molecule has 2 fully saturated rings. The van der Waals surface area contributed by atoms with E-state index in [1.54, 1.807) is 35.2 Å². The second-order valence-corrected chi connectivity index (χ2v) is 8.23. The minimum absolute atomic E-state index is 0.0140. The summed E-state index contributed by atoms with van der Waals surface area (Å²) in [7, 11) is 0. The van der Waals surface area contributed by atoms with E-state index in [1.165, 1.54) is 4.90 Å². The molecule has 1 aliphatic heterocycles. The molecule has 0 spiro atoms. The first-order valence-corrected chi connectivity index (χ1v) is 11.0. The number of ether oxygens (including phenoxy) is 1.